The molecule has 7 heteroatoms. The standard InChI is InChI=1S/C16H19N7/c1-10-7-18-16-14(15(17)22-23(16)8-10)12-6-13(20-9-19-12)21-11-4-2-3-5-11/h6-9,11H,2-5H2,1H3,(H2,17,22)(H,19,20,21). The maximum Gasteiger partial charge on any atom is 0.166 e. The summed E-state index contributed by atoms with van der Waals surface area (Å²) >= 11 is 0. The highest BCUT2D eigenvalue weighted by Crippen LogP contribution is 2.29. The third-order valence-corrected chi connectivity index (χ3v) is 4.26. The van der Waals surface area contributed by atoms with Crippen LogP contribution in [-0.2, 0) is 0 Å². The first-order valence-electron chi connectivity index (χ1n) is 7.90. The molecule has 4 rings (SSSR count). The molecule has 0 saturated heterocycles. The lowest BCUT2D eigenvalue weighted by molar-refractivity contribution is 0.750. The molecule has 0 spiro atoms. The summed E-state index contributed by atoms with van der Waals surface area (Å²) in [7, 11) is 0. The Morgan fingerprint density at radius 1 is 1.22 bits per heavy atom. The van der Waals surface area contributed by atoms with Gasteiger partial charge in [0.05, 0.1) is 11.3 Å². The zero-order chi connectivity index (χ0) is 15.8. The van der Waals surface area contributed by atoms with E-state index in [9.17, 15) is 0 Å². The SMILES string of the molecule is Cc1cnc2c(-c3cc(NC4CCCC4)ncn3)c(N)nn2c1. The second kappa shape index (κ2) is 5.49. The van der Waals surface area contributed by atoms with Gasteiger partial charge in [-0.1, -0.05) is 12.8 Å². The van der Waals surface area contributed by atoms with Crippen molar-refractivity contribution in [3.05, 3.63) is 30.4 Å². The predicted molar refractivity (Wildman–Crippen MR) is 89.0 cm³/mol. The smallest absolute Gasteiger partial charge is 0.166 e. The lowest BCUT2D eigenvalue weighted by atomic mass is 10.2. The highest BCUT2D eigenvalue weighted by Gasteiger charge is 2.18. The van der Waals surface area contributed by atoms with Crippen LogP contribution in [0.25, 0.3) is 16.9 Å². The zero-order valence-electron chi connectivity index (χ0n) is 13.0. The molecular formula is C16H19N7. The number of anilines is 2. The van der Waals surface area contributed by atoms with Crippen LogP contribution in [0.15, 0.2) is 24.8 Å². The molecule has 23 heavy (non-hydrogen) atoms. The fraction of sp³-hybridized carbons (Fsp3) is 0.375. The van der Waals surface area contributed by atoms with E-state index < -0.39 is 0 Å². The van der Waals surface area contributed by atoms with E-state index in [0.717, 1.165) is 22.6 Å². The van der Waals surface area contributed by atoms with Crippen LogP contribution in [0, 0.1) is 6.92 Å². The van der Waals surface area contributed by atoms with E-state index in [2.05, 4.69) is 25.4 Å². The van der Waals surface area contributed by atoms with E-state index >= 15 is 0 Å². The molecule has 118 valence electrons. The van der Waals surface area contributed by atoms with Crippen molar-refractivity contribution >= 4 is 17.3 Å². The molecule has 3 aromatic heterocycles. The van der Waals surface area contributed by atoms with Gasteiger partial charge in [0, 0.05) is 24.5 Å². The molecule has 1 saturated carbocycles. The number of hydrogen-bond donors (Lipinski definition) is 2. The maximum absolute atomic E-state index is 6.10. The fourth-order valence-corrected chi connectivity index (χ4v) is 3.14. The van der Waals surface area contributed by atoms with Crippen LogP contribution in [0.1, 0.15) is 31.2 Å². The molecule has 0 amide bonds. The zero-order valence-corrected chi connectivity index (χ0v) is 13.0. The second-order valence-corrected chi connectivity index (χ2v) is 6.07. The Balaban J connectivity index is 1.74. The summed E-state index contributed by atoms with van der Waals surface area (Å²) in [5, 5.41) is 7.81. The monoisotopic (exact) mass is 309 g/mol. The van der Waals surface area contributed by atoms with Gasteiger partial charge in [-0.15, -0.1) is 5.10 Å². The number of rotatable bonds is 3. The van der Waals surface area contributed by atoms with Crippen LogP contribution in [0.2, 0.25) is 0 Å². The molecule has 0 aromatic carbocycles. The quantitative estimate of drug-likeness (QED) is 0.771. The van der Waals surface area contributed by atoms with Crippen molar-refractivity contribution in [3.8, 4) is 11.3 Å². The number of nitrogens with two attached hydrogens (primary N) is 1. The van der Waals surface area contributed by atoms with Crippen LogP contribution in [0.5, 0.6) is 0 Å². The summed E-state index contributed by atoms with van der Waals surface area (Å²) in [5.74, 6) is 1.25. The van der Waals surface area contributed by atoms with E-state index in [0.29, 0.717) is 17.5 Å². The molecule has 0 bridgehead atoms. The molecule has 1 aliphatic rings. The van der Waals surface area contributed by atoms with E-state index in [1.165, 1.54) is 25.7 Å². The number of nitrogens with zero attached hydrogens (tertiary/aromatic N) is 5. The topological polar surface area (TPSA) is 94.0 Å². The third-order valence-electron chi connectivity index (χ3n) is 4.26. The predicted octanol–water partition coefficient (Wildman–Crippen LogP) is 2.43. The first-order chi connectivity index (χ1) is 11.2. The van der Waals surface area contributed by atoms with Crippen molar-refractivity contribution in [3.63, 3.8) is 0 Å². The highest BCUT2D eigenvalue weighted by molar-refractivity contribution is 5.84. The molecule has 3 N–H and O–H groups in total. The van der Waals surface area contributed by atoms with E-state index in [1.54, 1.807) is 17.0 Å². The molecule has 7 nitrogen and oxygen atoms in total. The summed E-state index contributed by atoms with van der Waals surface area (Å²) in [6, 6.07) is 2.42. The summed E-state index contributed by atoms with van der Waals surface area (Å²) in [6.45, 7) is 1.97. The van der Waals surface area contributed by atoms with Crippen molar-refractivity contribution < 1.29 is 0 Å². The summed E-state index contributed by atoms with van der Waals surface area (Å²) in [6.07, 6.45) is 10.2. The molecule has 0 radical (unpaired) electrons. The van der Waals surface area contributed by atoms with E-state index in [4.69, 9.17) is 5.73 Å². The molecule has 0 unspecified atom stereocenters. The molecule has 3 aromatic rings. The average molecular weight is 309 g/mol. The summed E-state index contributed by atoms with van der Waals surface area (Å²) < 4.78 is 1.70. The van der Waals surface area contributed by atoms with Crippen molar-refractivity contribution in [2.24, 2.45) is 0 Å². The lowest BCUT2D eigenvalue weighted by Crippen LogP contribution is -2.15. The Kier molecular flexibility index (Phi) is 3.33. The van der Waals surface area contributed by atoms with Gasteiger partial charge in [-0.3, -0.25) is 0 Å². The highest BCUT2D eigenvalue weighted by atomic mass is 15.3. The van der Waals surface area contributed by atoms with Crippen LogP contribution in [0.3, 0.4) is 0 Å². The Morgan fingerprint density at radius 3 is 2.87 bits per heavy atom. The van der Waals surface area contributed by atoms with Gasteiger partial charge in [0.15, 0.2) is 11.5 Å². The van der Waals surface area contributed by atoms with E-state index in [1.807, 2.05) is 19.2 Å². The molecule has 1 aliphatic carbocycles. The van der Waals surface area contributed by atoms with Gasteiger partial charge < -0.3 is 11.1 Å². The first-order valence-corrected chi connectivity index (χ1v) is 7.90. The Bertz CT molecular complexity index is 849. The lowest BCUT2D eigenvalue weighted by Gasteiger charge is -2.12. The summed E-state index contributed by atoms with van der Waals surface area (Å²) in [5.41, 5.74) is 9.32. The van der Waals surface area contributed by atoms with Crippen molar-refractivity contribution in [1.29, 1.82) is 0 Å². The normalized spacial score (nSPS) is 15.3. The Morgan fingerprint density at radius 2 is 2.04 bits per heavy atom. The fourth-order valence-electron chi connectivity index (χ4n) is 3.14. The van der Waals surface area contributed by atoms with Crippen LogP contribution in [-0.4, -0.2) is 30.6 Å². The first kappa shape index (κ1) is 13.9. The van der Waals surface area contributed by atoms with Crippen molar-refractivity contribution in [2.45, 2.75) is 38.6 Å². The number of nitrogen functional groups attached to an aromatic ring is 1. The molecule has 0 aliphatic heterocycles. The minimum atomic E-state index is 0.425. The van der Waals surface area contributed by atoms with Gasteiger partial charge in [0.25, 0.3) is 0 Å². The summed E-state index contributed by atoms with van der Waals surface area (Å²) in [4.78, 5) is 13.1. The Labute approximate surface area is 134 Å². The van der Waals surface area contributed by atoms with Crippen LogP contribution in [0.4, 0.5) is 11.6 Å². The van der Waals surface area contributed by atoms with Gasteiger partial charge >= 0.3 is 0 Å². The van der Waals surface area contributed by atoms with E-state index in [-0.39, 0.29) is 0 Å². The van der Waals surface area contributed by atoms with Gasteiger partial charge in [-0.2, -0.15) is 0 Å². The minimum absolute atomic E-state index is 0.425. The molecule has 3 heterocycles. The number of nitrogens with one attached hydrogen (secondary N) is 1. The van der Waals surface area contributed by atoms with Gasteiger partial charge in [-0.05, 0) is 25.3 Å². The van der Waals surface area contributed by atoms with Crippen molar-refractivity contribution in [1.82, 2.24) is 24.6 Å². The van der Waals surface area contributed by atoms with Gasteiger partial charge in [0.2, 0.25) is 0 Å². The van der Waals surface area contributed by atoms with Crippen molar-refractivity contribution in [2.75, 3.05) is 11.1 Å². The maximum atomic E-state index is 6.10. The van der Waals surface area contributed by atoms with Gasteiger partial charge in [-0.25, -0.2) is 19.5 Å². The number of aryl methyl sites for hydroxylation is 1. The Hall–Kier alpha value is -2.70. The number of aromatic nitrogens is 5. The molecule has 0 atom stereocenters. The van der Waals surface area contributed by atoms with Gasteiger partial charge in [0.1, 0.15) is 12.1 Å². The number of fused-ring (bicyclic) bond motifs is 1. The number of hydrogen-bond acceptors (Lipinski definition) is 6. The van der Waals surface area contributed by atoms with Crippen LogP contribution >= 0.6 is 0 Å². The third kappa shape index (κ3) is 2.58. The minimum Gasteiger partial charge on any atom is -0.382 e. The largest absolute Gasteiger partial charge is 0.382 e. The molecular weight excluding hydrogens is 290 g/mol. The molecule has 1 fully saturated rings. The average Bonchev–Trinajstić information content (AvgIpc) is 3.14. The van der Waals surface area contributed by atoms with Crippen LogP contribution < -0.4 is 11.1 Å². The second-order valence-electron chi connectivity index (χ2n) is 6.07.